The van der Waals surface area contributed by atoms with Gasteiger partial charge in [-0.25, -0.2) is 8.42 Å². The number of para-hydroxylation sites is 2. The van der Waals surface area contributed by atoms with Gasteiger partial charge in [0.2, 0.25) is 15.9 Å². The normalized spacial score (nSPS) is 12.1. The summed E-state index contributed by atoms with van der Waals surface area (Å²) < 4.78 is 36.8. The van der Waals surface area contributed by atoms with Crippen molar-refractivity contribution in [3.63, 3.8) is 0 Å². The first kappa shape index (κ1) is 21.6. The SMILES string of the molecule is CCOc1ccccc1NC(=O)C(CC)N(c1ccc(OC)cc1)S(C)(=O)=O. The van der Waals surface area contributed by atoms with E-state index in [1.165, 1.54) is 7.11 Å². The van der Waals surface area contributed by atoms with Gasteiger partial charge in [0.15, 0.2) is 0 Å². The molecule has 0 saturated heterocycles. The average Bonchev–Trinajstić information content (AvgIpc) is 2.67. The number of nitrogens with one attached hydrogen (secondary N) is 1. The van der Waals surface area contributed by atoms with E-state index in [0.29, 0.717) is 35.9 Å². The molecule has 0 heterocycles. The fraction of sp³-hybridized carbons (Fsp3) is 0.350. The van der Waals surface area contributed by atoms with Crippen LogP contribution >= 0.6 is 0 Å². The number of amides is 1. The maximum Gasteiger partial charge on any atom is 0.248 e. The molecule has 0 aliphatic rings. The highest BCUT2D eigenvalue weighted by Crippen LogP contribution is 2.28. The molecule has 0 radical (unpaired) electrons. The Morgan fingerprint density at radius 2 is 1.75 bits per heavy atom. The number of methoxy groups -OCH3 is 1. The maximum atomic E-state index is 13.0. The maximum absolute atomic E-state index is 13.0. The Kier molecular flexibility index (Phi) is 7.28. The number of hydrogen-bond donors (Lipinski definition) is 1. The minimum atomic E-state index is -3.71. The van der Waals surface area contributed by atoms with Gasteiger partial charge >= 0.3 is 0 Å². The molecule has 0 saturated carbocycles. The number of benzene rings is 2. The first-order valence-corrected chi connectivity index (χ1v) is 10.8. The van der Waals surface area contributed by atoms with Crippen LogP contribution in [-0.4, -0.2) is 40.3 Å². The quantitative estimate of drug-likeness (QED) is 0.691. The van der Waals surface area contributed by atoms with Crippen molar-refractivity contribution in [3.05, 3.63) is 48.5 Å². The summed E-state index contributed by atoms with van der Waals surface area (Å²) in [5, 5.41) is 2.80. The molecule has 7 nitrogen and oxygen atoms in total. The van der Waals surface area contributed by atoms with Gasteiger partial charge in [0.1, 0.15) is 17.5 Å². The number of ether oxygens (including phenoxy) is 2. The van der Waals surface area contributed by atoms with Gasteiger partial charge < -0.3 is 14.8 Å². The Morgan fingerprint density at radius 3 is 2.29 bits per heavy atom. The lowest BCUT2D eigenvalue weighted by molar-refractivity contribution is -0.117. The summed E-state index contributed by atoms with van der Waals surface area (Å²) in [6.45, 7) is 4.06. The summed E-state index contributed by atoms with van der Waals surface area (Å²) in [5.74, 6) is 0.694. The molecule has 1 amide bonds. The van der Waals surface area contributed by atoms with Crippen LogP contribution in [0.4, 0.5) is 11.4 Å². The van der Waals surface area contributed by atoms with Crippen molar-refractivity contribution in [2.45, 2.75) is 26.3 Å². The Balaban J connectivity index is 2.36. The number of hydrogen-bond acceptors (Lipinski definition) is 5. The zero-order valence-electron chi connectivity index (χ0n) is 16.5. The zero-order chi connectivity index (χ0) is 20.7. The van der Waals surface area contributed by atoms with Gasteiger partial charge in [-0.15, -0.1) is 0 Å². The third-order valence-electron chi connectivity index (χ3n) is 4.10. The second-order valence-electron chi connectivity index (χ2n) is 6.10. The lowest BCUT2D eigenvalue weighted by atomic mass is 10.1. The van der Waals surface area contributed by atoms with Crippen LogP contribution in [-0.2, 0) is 14.8 Å². The molecular weight excluding hydrogens is 380 g/mol. The molecule has 28 heavy (non-hydrogen) atoms. The predicted octanol–water partition coefficient (Wildman–Crippen LogP) is 3.28. The van der Waals surface area contributed by atoms with Crippen molar-refractivity contribution in [2.24, 2.45) is 0 Å². The van der Waals surface area contributed by atoms with Crippen molar-refractivity contribution < 1.29 is 22.7 Å². The van der Waals surface area contributed by atoms with Gasteiger partial charge in [-0.05, 0) is 49.7 Å². The largest absolute Gasteiger partial charge is 0.497 e. The number of carbonyl (C=O) groups excluding carboxylic acids is 1. The summed E-state index contributed by atoms with van der Waals surface area (Å²) in [7, 11) is -2.18. The van der Waals surface area contributed by atoms with Crippen LogP contribution in [0.25, 0.3) is 0 Å². The molecule has 2 aromatic carbocycles. The van der Waals surface area contributed by atoms with E-state index in [4.69, 9.17) is 9.47 Å². The highest BCUT2D eigenvalue weighted by atomic mass is 32.2. The van der Waals surface area contributed by atoms with E-state index in [9.17, 15) is 13.2 Å². The lowest BCUT2D eigenvalue weighted by Crippen LogP contribution is -2.47. The standard InChI is InChI=1S/C20H26N2O5S/c1-5-18(20(23)21-17-9-7-8-10-19(17)27-6-2)22(28(4,24)25)15-11-13-16(26-3)14-12-15/h7-14,18H,5-6H2,1-4H3,(H,21,23). The van der Waals surface area contributed by atoms with Crippen LogP contribution in [0.3, 0.4) is 0 Å². The summed E-state index contributed by atoms with van der Waals surface area (Å²) in [4.78, 5) is 13.0. The minimum Gasteiger partial charge on any atom is -0.497 e. The second kappa shape index (κ2) is 9.45. The van der Waals surface area contributed by atoms with Gasteiger partial charge in [0.25, 0.3) is 0 Å². The fourth-order valence-electron chi connectivity index (χ4n) is 2.86. The minimum absolute atomic E-state index is 0.293. The van der Waals surface area contributed by atoms with Gasteiger partial charge in [-0.1, -0.05) is 19.1 Å². The van der Waals surface area contributed by atoms with Crippen molar-refractivity contribution in [1.82, 2.24) is 0 Å². The topological polar surface area (TPSA) is 84.9 Å². The third kappa shape index (κ3) is 5.16. The highest BCUT2D eigenvalue weighted by molar-refractivity contribution is 7.92. The first-order valence-electron chi connectivity index (χ1n) is 8.98. The molecule has 1 N–H and O–H groups in total. The Labute approximate surface area is 166 Å². The lowest BCUT2D eigenvalue weighted by Gasteiger charge is -2.30. The smallest absolute Gasteiger partial charge is 0.248 e. The summed E-state index contributed by atoms with van der Waals surface area (Å²) in [5.41, 5.74) is 0.888. The molecular formula is C20H26N2O5S. The Bertz CT molecular complexity index is 897. The molecule has 0 bridgehead atoms. The number of rotatable bonds is 9. The van der Waals surface area contributed by atoms with E-state index in [0.717, 1.165) is 10.6 Å². The zero-order valence-corrected chi connectivity index (χ0v) is 17.3. The first-order chi connectivity index (χ1) is 13.3. The van der Waals surface area contributed by atoms with Crippen LogP contribution in [0.2, 0.25) is 0 Å². The van der Waals surface area contributed by atoms with E-state index in [1.807, 2.05) is 6.92 Å². The van der Waals surface area contributed by atoms with Gasteiger partial charge in [-0.2, -0.15) is 0 Å². The molecule has 152 valence electrons. The molecule has 0 aromatic heterocycles. The van der Waals surface area contributed by atoms with Crippen molar-refractivity contribution in [2.75, 3.05) is 29.6 Å². The monoisotopic (exact) mass is 406 g/mol. The van der Waals surface area contributed by atoms with Crippen LogP contribution in [0, 0.1) is 0 Å². The number of carbonyl (C=O) groups is 1. The summed E-state index contributed by atoms with van der Waals surface area (Å²) >= 11 is 0. The van der Waals surface area contributed by atoms with Crippen LogP contribution in [0.1, 0.15) is 20.3 Å². The van der Waals surface area contributed by atoms with E-state index in [-0.39, 0.29) is 0 Å². The molecule has 8 heteroatoms. The predicted molar refractivity (Wildman–Crippen MR) is 111 cm³/mol. The number of nitrogens with zero attached hydrogens (tertiary/aromatic N) is 1. The van der Waals surface area contributed by atoms with Gasteiger partial charge in [0.05, 0.1) is 31.3 Å². The Morgan fingerprint density at radius 1 is 1.11 bits per heavy atom. The van der Waals surface area contributed by atoms with Crippen molar-refractivity contribution in [1.29, 1.82) is 0 Å². The molecule has 2 aromatic rings. The van der Waals surface area contributed by atoms with Gasteiger partial charge in [0, 0.05) is 0 Å². The van der Waals surface area contributed by atoms with Crippen LogP contribution in [0.5, 0.6) is 11.5 Å². The summed E-state index contributed by atoms with van der Waals surface area (Å²) in [6.07, 6.45) is 1.38. The number of anilines is 2. The van der Waals surface area contributed by atoms with E-state index in [1.54, 1.807) is 55.5 Å². The molecule has 0 spiro atoms. The third-order valence-corrected chi connectivity index (χ3v) is 5.28. The number of sulfonamides is 1. The average molecular weight is 407 g/mol. The molecule has 0 fully saturated rings. The molecule has 1 atom stereocenters. The van der Waals surface area contributed by atoms with E-state index in [2.05, 4.69) is 5.32 Å². The van der Waals surface area contributed by atoms with E-state index < -0.39 is 22.0 Å². The highest BCUT2D eigenvalue weighted by Gasteiger charge is 2.32. The molecule has 0 aliphatic carbocycles. The van der Waals surface area contributed by atoms with Gasteiger partial charge in [-0.3, -0.25) is 9.10 Å². The fourth-order valence-corrected chi connectivity index (χ4v) is 4.07. The molecule has 2 rings (SSSR count). The summed E-state index contributed by atoms with van der Waals surface area (Å²) in [6, 6.07) is 12.7. The molecule has 0 aliphatic heterocycles. The second-order valence-corrected chi connectivity index (χ2v) is 7.96. The molecule has 1 unspecified atom stereocenters. The van der Waals surface area contributed by atoms with Crippen LogP contribution < -0.4 is 19.1 Å². The van der Waals surface area contributed by atoms with Crippen molar-refractivity contribution in [3.8, 4) is 11.5 Å². The van der Waals surface area contributed by atoms with E-state index >= 15 is 0 Å². The van der Waals surface area contributed by atoms with Crippen LogP contribution in [0.15, 0.2) is 48.5 Å². The Hall–Kier alpha value is -2.74. The van der Waals surface area contributed by atoms with Crippen molar-refractivity contribution >= 4 is 27.3 Å².